The van der Waals surface area contributed by atoms with Gasteiger partial charge in [0.2, 0.25) is 0 Å². The van der Waals surface area contributed by atoms with Crippen LogP contribution in [0.2, 0.25) is 0 Å². The van der Waals surface area contributed by atoms with Crippen LogP contribution >= 0.6 is 11.8 Å². The van der Waals surface area contributed by atoms with Gasteiger partial charge in [-0.15, -0.1) is 11.8 Å². The van der Waals surface area contributed by atoms with Gasteiger partial charge in [-0.1, -0.05) is 18.2 Å². The SMILES string of the molecule is N#Cc1cccnc1NCC1(Sc2ccccc2)CC1. The minimum absolute atomic E-state index is 0.256. The van der Waals surface area contributed by atoms with Gasteiger partial charge in [0.15, 0.2) is 0 Å². The maximum atomic E-state index is 9.06. The molecule has 1 aliphatic carbocycles. The number of anilines is 1. The van der Waals surface area contributed by atoms with Crippen LogP contribution in [0.15, 0.2) is 53.6 Å². The van der Waals surface area contributed by atoms with E-state index in [9.17, 15) is 0 Å². The normalized spacial score (nSPS) is 15.3. The third kappa shape index (κ3) is 2.94. The number of nitrogens with zero attached hydrogens (tertiary/aromatic N) is 2. The van der Waals surface area contributed by atoms with Gasteiger partial charge in [-0.3, -0.25) is 0 Å². The molecule has 1 aromatic carbocycles. The molecule has 0 unspecified atom stereocenters. The number of thioether (sulfide) groups is 1. The predicted octanol–water partition coefficient (Wildman–Crippen LogP) is 3.69. The Kier molecular flexibility index (Phi) is 3.62. The van der Waals surface area contributed by atoms with Crippen molar-refractivity contribution >= 4 is 17.6 Å². The van der Waals surface area contributed by atoms with Crippen molar-refractivity contribution in [3.63, 3.8) is 0 Å². The van der Waals surface area contributed by atoms with E-state index in [-0.39, 0.29) is 4.75 Å². The Morgan fingerprint density at radius 2 is 2.00 bits per heavy atom. The van der Waals surface area contributed by atoms with Gasteiger partial charge in [-0.2, -0.15) is 5.26 Å². The van der Waals surface area contributed by atoms with Gasteiger partial charge in [0, 0.05) is 22.4 Å². The van der Waals surface area contributed by atoms with Crippen LogP contribution in [-0.2, 0) is 0 Å². The number of nitrogens with one attached hydrogen (secondary N) is 1. The molecule has 100 valence electrons. The highest BCUT2D eigenvalue weighted by atomic mass is 32.2. The molecule has 3 nitrogen and oxygen atoms in total. The van der Waals surface area contributed by atoms with Gasteiger partial charge in [-0.05, 0) is 37.1 Å². The van der Waals surface area contributed by atoms with Gasteiger partial charge in [0.25, 0.3) is 0 Å². The first kappa shape index (κ1) is 13.0. The smallest absolute Gasteiger partial charge is 0.143 e. The molecular formula is C16H15N3S. The van der Waals surface area contributed by atoms with E-state index in [1.807, 2.05) is 17.8 Å². The lowest BCUT2D eigenvalue weighted by molar-refractivity contribution is 0.935. The second-order valence-electron chi connectivity index (χ2n) is 4.96. The van der Waals surface area contributed by atoms with E-state index in [2.05, 4.69) is 40.6 Å². The van der Waals surface area contributed by atoms with Crippen molar-refractivity contribution in [1.82, 2.24) is 4.98 Å². The average molecular weight is 281 g/mol. The summed E-state index contributed by atoms with van der Waals surface area (Å²) in [5, 5.41) is 12.4. The number of hydrogen-bond donors (Lipinski definition) is 1. The summed E-state index contributed by atoms with van der Waals surface area (Å²) in [7, 11) is 0. The predicted molar refractivity (Wildman–Crippen MR) is 81.7 cm³/mol. The standard InChI is InChI=1S/C16H15N3S/c17-11-13-5-4-10-18-15(13)19-12-16(8-9-16)20-14-6-2-1-3-7-14/h1-7,10H,8-9,12H2,(H,18,19). The molecule has 1 fully saturated rings. The first-order chi connectivity index (χ1) is 9.81. The zero-order valence-corrected chi connectivity index (χ0v) is 11.9. The second kappa shape index (κ2) is 5.56. The highest BCUT2D eigenvalue weighted by Gasteiger charge is 2.43. The fourth-order valence-electron chi connectivity index (χ4n) is 2.07. The topological polar surface area (TPSA) is 48.7 Å². The number of pyridine rings is 1. The van der Waals surface area contributed by atoms with E-state index in [1.54, 1.807) is 18.3 Å². The van der Waals surface area contributed by atoms with Crippen molar-refractivity contribution in [2.45, 2.75) is 22.5 Å². The number of aromatic nitrogens is 1. The van der Waals surface area contributed by atoms with Gasteiger partial charge in [0.05, 0.1) is 5.56 Å². The molecule has 0 atom stereocenters. The van der Waals surface area contributed by atoms with Crippen molar-refractivity contribution in [1.29, 1.82) is 5.26 Å². The summed E-state index contributed by atoms with van der Waals surface area (Å²) >= 11 is 1.92. The van der Waals surface area contributed by atoms with Gasteiger partial charge in [-0.25, -0.2) is 4.98 Å². The Morgan fingerprint density at radius 1 is 1.20 bits per heavy atom. The summed E-state index contributed by atoms with van der Waals surface area (Å²) in [5.41, 5.74) is 0.605. The highest BCUT2D eigenvalue weighted by Crippen LogP contribution is 2.51. The maximum Gasteiger partial charge on any atom is 0.143 e. The number of rotatable bonds is 5. The lowest BCUT2D eigenvalue weighted by Crippen LogP contribution is -2.19. The van der Waals surface area contributed by atoms with Crippen molar-refractivity contribution in [2.75, 3.05) is 11.9 Å². The van der Waals surface area contributed by atoms with Crippen molar-refractivity contribution < 1.29 is 0 Å². The van der Waals surface area contributed by atoms with Crippen molar-refractivity contribution in [2.24, 2.45) is 0 Å². The molecule has 2 aromatic rings. The molecule has 0 aliphatic heterocycles. The molecule has 0 amide bonds. The van der Waals surface area contributed by atoms with Crippen LogP contribution < -0.4 is 5.32 Å². The Balaban J connectivity index is 1.65. The van der Waals surface area contributed by atoms with E-state index < -0.39 is 0 Å². The number of nitriles is 1. The molecule has 20 heavy (non-hydrogen) atoms. The molecule has 1 N–H and O–H groups in total. The fraction of sp³-hybridized carbons (Fsp3) is 0.250. The largest absolute Gasteiger partial charge is 0.368 e. The van der Waals surface area contributed by atoms with Crippen LogP contribution in [0.1, 0.15) is 18.4 Å². The lowest BCUT2D eigenvalue weighted by Gasteiger charge is -2.16. The van der Waals surface area contributed by atoms with Crippen LogP contribution in [0.5, 0.6) is 0 Å². The zero-order chi connectivity index (χ0) is 13.8. The summed E-state index contributed by atoms with van der Waals surface area (Å²) in [6.07, 6.45) is 4.12. The van der Waals surface area contributed by atoms with Gasteiger partial charge >= 0.3 is 0 Å². The molecule has 0 spiro atoms. The fourth-order valence-corrected chi connectivity index (χ4v) is 3.32. The Bertz CT molecular complexity index is 630. The monoisotopic (exact) mass is 281 g/mol. The number of benzene rings is 1. The Labute approximate surface area is 123 Å². The number of hydrogen-bond acceptors (Lipinski definition) is 4. The van der Waals surface area contributed by atoms with Gasteiger partial charge < -0.3 is 5.32 Å². The molecular weight excluding hydrogens is 266 g/mol. The third-order valence-corrected chi connectivity index (χ3v) is 4.88. The lowest BCUT2D eigenvalue weighted by atomic mass is 10.3. The summed E-state index contributed by atoms with van der Waals surface area (Å²) < 4.78 is 0.256. The Hall–Kier alpha value is -1.99. The first-order valence-electron chi connectivity index (χ1n) is 6.64. The first-order valence-corrected chi connectivity index (χ1v) is 7.46. The highest BCUT2D eigenvalue weighted by molar-refractivity contribution is 8.01. The molecule has 1 aromatic heterocycles. The van der Waals surface area contributed by atoms with Crippen LogP contribution in [0.3, 0.4) is 0 Å². The van der Waals surface area contributed by atoms with Crippen LogP contribution in [-0.4, -0.2) is 16.3 Å². The minimum Gasteiger partial charge on any atom is -0.368 e. The van der Waals surface area contributed by atoms with E-state index in [0.717, 1.165) is 6.54 Å². The van der Waals surface area contributed by atoms with Crippen molar-refractivity contribution in [3.8, 4) is 6.07 Å². The molecule has 0 bridgehead atoms. The van der Waals surface area contributed by atoms with Gasteiger partial charge in [0.1, 0.15) is 11.9 Å². The van der Waals surface area contributed by atoms with Crippen molar-refractivity contribution in [3.05, 3.63) is 54.2 Å². The van der Waals surface area contributed by atoms with E-state index >= 15 is 0 Å². The van der Waals surface area contributed by atoms with Crippen LogP contribution in [0, 0.1) is 11.3 Å². The molecule has 4 heteroatoms. The molecule has 1 saturated carbocycles. The molecule has 3 rings (SSSR count). The van der Waals surface area contributed by atoms with Crippen LogP contribution in [0.4, 0.5) is 5.82 Å². The summed E-state index contributed by atoms with van der Waals surface area (Å²) in [4.78, 5) is 5.54. The van der Waals surface area contributed by atoms with Crippen LogP contribution in [0.25, 0.3) is 0 Å². The summed E-state index contributed by atoms with van der Waals surface area (Å²) in [6, 6.07) is 16.2. The molecule has 0 saturated heterocycles. The summed E-state index contributed by atoms with van der Waals surface area (Å²) in [6.45, 7) is 0.845. The quantitative estimate of drug-likeness (QED) is 0.908. The molecule has 1 aliphatic rings. The average Bonchev–Trinajstić information content (AvgIpc) is 3.26. The zero-order valence-electron chi connectivity index (χ0n) is 11.0. The second-order valence-corrected chi connectivity index (χ2v) is 6.50. The minimum atomic E-state index is 0.256. The maximum absolute atomic E-state index is 9.06. The van der Waals surface area contributed by atoms with E-state index in [1.165, 1.54) is 17.7 Å². The summed E-state index contributed by atoms with van der Waals surface area (Å²) in [5.74, 6) is 0.690. The van der Waals surface area contributed by atoms with E-state index in [4.69, 9.17) is 5.26 Å². The molecule has 0 radical (unpaired) electrons. The third-order valence-electron chi connectivity index (χ3n) is 3.39. The molecule has 1 heterocycles. The Morgan fingerprint density at radius 3 is 2.70 bits per heavy atom. The van der Waals surface area contributed by atoms with E-state index in [0.29, 0.717) is 11.4 Å².